The summed E-state index contributed by atoms with van der Waals surface area (Å²) in [6, 6.07) is 42.2. The maximum absolute atomic E-state index is 5.22. The van der Waals surface area contributed by atoms with Crippen molar-refractivity contribution >= 4 is 11.4 Å². The van der Waals surface area contributed by atoms with E-state index in [0.29, 0.717) is 0 Å². The van der Waals surface area contributed by atoms with Gasteiger partial charge in [0.15, 0.2) is 0 Å². The third-order valence-electron chi connectivity index (χ3n) is 6.36. The number of rotatable bonds is 13. The van der Waals surface area contributed by atoms with Gasteiger partial charge < -0.3 is 0 Å². The molecule has 0 atom stereocenters. The van der Waals surface area contributed by atoms with E-state index >= 15 is 0 Å². The van der Waals surface area contributed by atoms with Crippen LogP contribution < -0.4 is 0 Å². The Morgan fingerprint density at radius 3 is 0.868 bits per heavy atom. The highest BCUT2D eigenvalue weighted by molar-refractivity contribution is 6.42. The first-order valence-corrected chi connectivity index (χ1v) is 13.5. The van der Waals surface area contributed by atoms with Crippen LogP contribution in [0.2, 0.25) is 0 Å². The van der Waals surface area contributed by atoms with Crippen LogP contribution in [0.3, 0.4) is 0 Å². The lowest BCUT2D eigenvalue weighted by Crippen LogP contribution is -2.26. The number of benzene rings is 4. The molecule has 0 radical (unpaired) electrons. The first-order valence-electron chi connectivity index (χ1n) is 13.5. The summed E-state index contributed by atoms with van der Waals surface area (Å²) in [5, 5.41) is 14.8. The van der Waals surface area contributed by atoms with Crippen LogP contribution in [-0.4, -0.2) is 21.4 Å². The Hall–Kier alpha value is -4.18. The van der Waals surface area contributed by atoms with Crippen molar-refractivity contribution in [1.82, 2.24) is 10.0 Å². The van der Waals surface area contributed by atoms with Crippen molar-refractivity contribution in [3.8, 4) is 0 Å². The molecule has 0 aliphatic rings. The molecule has 0 N–H and O–H groups in total. The predicted molar refractivity (Wildman–Crippen MR) is 160 cm³/mol. The summed E-state index contributed by atoms with van der Waals surface area (Å²) in [6.45, 7) is 7.32. The maximum Gasteiger partial charge on any atom is 0.0835 e. The Morgan fingerprint density at radius 1 is 0.421 bits per heavy atom. The van der Waals surface area contributed by atoms with Crippen molar-refractivity contribution in [3.05, 3.63) is 144 Å². The fourth-order valence-corrected chi connectivity index (χ4v) is 4.44. The van der Waals surface area contributed by atoms with Gasteiger partial charge in [-0.25, -0.2) is 0 Å². The quantitative estimate of drug-likeness (QED) is 0.137. The van der Waals surface area contributed by atoms with Crippen LogP contribution in [0.5, 0.6) is 0 Å². The lowest BCUT2D eigenvalue weighted by molar-refractivity contribution is 0.267. The predicted octanol–water partition coefficient (Wildman–Crippen LogP) is 7.92. The molecule has 0 aliphatic heterocycles. The molecule has 4 aromatic rings. The standard InChI is InChI=1S/C34H38N4/c1-3-33(35-37(25-29-17-9-5-10-18-29)26-30-19-11-6-12-20-30)34(4-2)36-38(27-31-21-13-7-14-22-31)28-32-23-15-8-16-24-32/h5-24H,3-4,25-28H2,1-2H3/b35-33+,36-34+. The molecule has 0 bridgehead atoms. The molecule has 0 saturated carbocycles. The van der Waals surface area contributed by atoms with Crippen LogP contribution in [0.4, 0.5) is 0 Å². The average molecular weight is 503 g/mol. The highest BCUT2D eigenvalue weighted by atomic mass is 15.5. The van der Waals surface area contributed by atoms with Gasteiger partial charge in [0.25, 0.3) is 0 Å². The monoisotopic (exact) mass is 502 g/mol. The van der Waals surface area contributed by atoms with E-state index in [1.807, 2.05) is 0 Å². The molecular formula is C34H38N4. The molecule has 4 aromatic carbocycles. The van der Waals surface area contributed by atoms with Crippen LogP contribution in [0.1, 0.15) is 48.9 Å². The lowest BCUT2D eigenvalue weighted by atomic mass is 10.1. The molecule has 4 nitrogen and oxygen atoms in total. The van der Waals surface area contributed by atoms with Gasteiger partial charge in [-0.2, -0.15) is 10.2 Å². The maximum atomic E-state index is 5.22. The Morgan fingerprint density at radius 2 is 0.658 bits per heavy atom. The van der Waals surface area contributed by atoms with Crippen LogP contribution in [0.15, 0.2) is 132 Å². The molecule has 0 fully saturated rings. The molecule has 0 heterocycles. The fourth-order valence-electron chi connectivity index (χ4n) is 4.44. The fraction of sp³-hybridized carbons (Fsp3) is 0.235. The molecule has 4 rings (SSSR count). The molecular weight excluding hydrogens is 464 g/mol. The van der Waals surface area contributed by atoms with E-state index in [2.05, 4.69) is 145 Å². The van der Waals surface area contributed by atoms with Crippen molar-refractivity contribution in [2.24, 2.45) is 10.2 Å². The summed E-state index contributed by atoms with van der Waals surface area (Å²) in [7, 11) is 0. The molecule has 4 heteroatoms. The van der Waals surface area contributed by atoms with Gasteiger partial charge in [0.1, 0.15) is 0 Å². The van der Waals surface area contributed by atoms with Gasteiger partial charge >= 0.3 is 0 Å². The van der Waals surface area contributed by atoms with Crippen LogP contribution in [0, 0.1) is 0 Å². The van der Waals surface area contributed by atoms with Gasteiger partial charge in [0, 0.05) is 0 Å². The molecule has 0 aromatic heterocycles. The van der Waals surface area contributed by atoms with Crippen LogP contribution in [0.25, 0.3) is 0 Å². The smallest absolute Gasteiger partial charge is 0.0835 e. The zero-order chi connectivity index (χ0) is 26.4. The zero-order valence-electron chi connectivity index (χ0n) is 22.6. The lowest BCUT2D eigenvalue weighted by Gasteiger charge is -2.24. The topological polar surface area (TPSA) is 31.2 Å². The van der Waals surface area contributed by atoms with Crippen molar-refractivity contribution < 1.29 is 0 Å². The van der Waals surface area contributed by atoms with Gasteiger partial charge in [-0.15, -0.1) is 0 Å². The van der Waals surface area contributed by atoms with E-state index in [-0.39, 0.29) is 0 Å². The van der Waals surface area contributed by atoms with E-state index in [9.17, 15) is 0 Å². The minimum atomic E-state index is 0.744. The molecule has 0 amide bonds. The third-order valence-corrected chi connectivity index (χ3v) is 6.36. The zero-order valence-corrected chi connectivity index (χ0v) is 22.6. The minimum Gasteiger partial charge on any atom is -0.288 e. The minimum absolute atomic E-state index is 0.744. The Kier molecular flexibility index (Phi) is 10.3. The van der Waals surface area contributed by atoms with Crippen molar-refractivity contribution in [2.75, 3.05) is 0 Å². The summed E-state index contributed by atoms with van der Waals surface area (Å²) < 4.78 is 0. The molecule has 0 spiro atoms. The van der Waals surface area contributed by atoms with Crippen LogP contribution >= 0.6 is 0 Å². The normalized spacial score (nSPS) is 11.8. The van der Waals surface area contributed by atoms with Gasteiger partial charge in [-0.05, 0) is 35.1 Å². The largest absolute Gasteiger partial charge is 0.288 e. The molecule has 0 aliphatic carbocycles. The van der Waals surface area contributed by atoms with E-state index < -0.39 is 0 Å². The second-order valence-corrected chi connectivity index (χ2v) is 9.39. The molecule has 0 saturated heterocycles. The third kappa shape index (κ3) is 8.45. The number of hydrogen-bond acceptors (Lipinski definition) is 4. The van der Waals surface area contributed by atoms with Crippen molar-refractivity contribution in [3.63, 3.8) is 0 Å². The average Bonchev–Trinajstić information content (AvgIpc) is 2.97. The summed E-state index contributed by atoms with van der Waals surface area (Å²) in [6.07, 6.45) is 1.63. The Balaban J connectivity index is 1.64. The summed E-state index contributed by atoms with van der Waals surface area (Å²) in [4.78, 5) is 0. The summed E-state index contributed by atoms with van der Waals surface area (Å²) in [5.41, 5.74) is 7.04. The number of hydrazone groups is 2. The van der Waals surface area contributed by atoms with Gasteiger partial charge in [-0.3, -0.25) is 10.0 Å². The summed E-state index contributed by atoms with van der Waals surface area (Å²) in [5.74, 6) is 0. The van der Waals surface area contributed by atoms with E-state index in [1.165, 1.54) is 22.3 Å². The Bertz CT molecular complexity index is 1080. The second kappa shape index (κ2) is 14.5. The molecule has 0 unspecified atom stereocenters. The van der Waals surface area contributed by atoms with E-state index in [1.54, 1.807) is 0 Å². The Labute approximate surface area is 228 Å². The first-order chi connectivity index (χ1) is 18.7. The number of hydrogen-bond donors (Lipinski definition) is 0. The van der Waals surface area contributed by atoms with Gasteiger partial charge in [-0.1, -0.05) is 135 Å². The van der Waals surface area contributed by atoms with Crippen molar-refractivity contribution in [2.45, 2.75) is 52.9 Å². The first kappa shape index (κ1) is 26.9. The summed E-state index contributed by atoms with van der Waals surface area (Å²) >= 11 is 0. The van der Waals surface area contributed by atoms with Gasteiger partial charge in [0.05, 0.1) is 37.6 Å². The van der Waals surface area contributed by atoms with Crippen molar-refractivity contribution in [1.29, 1.82) is 0 Å². The van der Waals surface area contributed by atoms with E-state index in [4.69, 9.17) is 10.2 Å². The van der Waals surface area contributed by atoms with Gasteiger partial charge in [0.2, 0.25) is 0 Å². The molecule has 194 valence electrons. The van der Waals surface area contributed by atoms with Crippen LogP contribution in [-0.2, 0) is 26.2 Å². The molecule has 38 heavy (non-hydrogen) atoms. The highest BCUT2D eigenvalue weighted by Gasteiger charge is 2.13. The second-order valence-electron chi connectivity index (χ2n) is 9.39. The highest BCUT2D eigenvalue weighted by Crippen LogP contribution is 2.15. The van der Waals surface area contributed by atoms with E-state index in [0.717, 1.165) is 50.4 Å². The number of nitrogens with zero attached hydrogens (tertiary/aromatic N) is 4. The SMILES string of the molecule is CCC(=N\N(Cc1ccccc1)Cc1ccccc1)/C(CC)=N/N(Cc1ccccc1)Cc1ccccc1.